The fourth-order valence-corrected chi connectivity index (χ4v) is 5.07. The maximum atomic E-state index is 13.4. The number of hydrogen-bond donors (Lipinski definition) is 6. The highest BCUT2D eigenvalue weighted by atomic mass is 32.1. The van der Waals surface area contributed by atoms with Crippen molar-refractivity contribution in [2.75, 3.05) is 27.4 Å². The number of nitrogens with two attached hydrogens (primary N) is 2. The summed E-state index contributed by atoms with van der Waals surface area (Å²) in [6.07, 6.45) is 0. The van der Waals surface area contributed by atoms with Crippen molar-refractivity contribution in [2.45, 2.75) is 6.04 Å². The zero-order valence-corrected chi connectivity index (χ0v) is 22.0. The summed E-state index contributed by atoms with van der Waals surface area (Å²) in [6.45, 7) is 0. The maximum Gasteiger partial charge on any atom is 0.320 e. The highest BCUT2D eigenvalue weighted by molar-refractivity contribution is 7.21. The Labute approximate surface area is 234 Å². The number of carbonyl (C=O) groups is 3. The average molecular weight is 551 g/mol. The molecular weight excluding hydrogens is 524 g/mol. The Hall–Kier alpha value is -5.35. The lowest BCUT2D eigenvalue weighted by molar-refractivity contribution is -0.118. The molecule has 1 heterocycles. The van der Waals surface area contributed by atoms with Crippen molar-refractivity contribution in [3.63, 3.8) is 0 Å². The monoisotopic (exact) mass is 550 g/mol. The second-order valence-electron chi connectivity index (χ2n) is 8.92. The van der Waals surface area contributed by atoms with Gasteiger partial charge in [-0.05, 0) is 53.4 Å². The molecule has 0 aliphatic heterocycles. The third kappa shape index (κ3) is 6.03. The highest BCUT2D eigenvalue weighted by Gasteiger charge is 2.23. The van der Waals surface area contributed by atoms with Crippen molar-refractivity contribution >= 4 is 67.7 Å². The van der Waals surface area contributed by atoms with Crippen LogP contribution in [0.5, 0.6) is 0 Å². The van der Waals surface area contributed by atoms with Gasteiger partial charge in [-0.15, -0.1) is 11.3 Å². The van der Waals surface area contributed by atoms with Crippen molar-refractivity contribution < 1.29 is 14.4 Å². The van der Waals surface area contributed by atoms with Crippen molar-refractivity contribution in [3.05, 3.63) is 114 Å². The van der Waals surface area contributed by atoms with Crippen LogP contribution in [0.2, 0.25) is 0 Å². The summed E-state index contributed by atoms with van der Waals surface area (Å²) < 4.78 is 0.811. The molecule has 200 valence electrons. The summed E-state index contributed by atoms with van der Waals surface area (Å²) in [7, 11) is 0. The van der Waals surface area contributed by atoms with Crippen LogP contribution in [-0.4, -0.2) is 17.8 Å². The van der Waals surface area contributed by atoms with Crippen molar-refractivity contribution in [3.8, 4) is 0 Å². The number of carbonyl (C=O) groups excluding carboxylic acids is 3. The first-order valence-electron chi connectivity index (χ1n) is 12.3. The lowest BCUT2D eigenvalue weighted by atomic mass is 10.1. The molecule has 40 heavy (non-hydrogen) atoms. The summed E-state index contributed by atoms with van der Waals surface area (Å²) in [4.78, 5) is 39.5. The van der Waals surface area contributed by atoms with Crippen molar-refractivity contribution in [1.82, 2.24) is 5.32 Å². The van der Waals surface area contributed by atoms with Gasteiger partial charge in [0.25, 0.3) is 11.8 Å². The zero-order valence-electron chi connectivity index (χ0n) is 21.2. The second-order valence-corrected chi connectivity index (χ2v) is 10.0. The molecule has 4 amide bonds. The molecule has 0 radical (unpaired) electrons. The van der Waals surface area contributed by atoms with Gasteiger partial charge in [0.15, 0.2) is 0 Å². The first-order valence-corrected chi connectivity index (χ1v) is 13.2. The van der Waals surface area contributed by atoms with Gasteiger partial charge in [0.1, 0.15) is 6.04 Å². The number of hydrogen-bond acceptors (Lipinski definition) is 6. The molecule has 0 fully saturated rings. The van der Waals surface area contributed by atoms with Gasteiger partial charge in [0.2, 0.25) is 0 Å². The van der Waals surface area contributed by atoms with E-state index in [1.165, 1.54) is 11.3 Å². The standard InChI is InChI=1S/C30H26N6O3S/c31-21-10-4-6-12-23(21)34-28(37)26-16-19-14-15-20(17-25(19)40-26)33-29(38)27(18-8-2-1-3-9-18)36-30(39)35-24-13-7-5-11-22(24)32/h1-17,27H,31-32H2,(H,33,38)(H,34,37)(H2,35,36,39)/t27-/m0/s1. The Balaban J connectivity index is 1.32. The maximum absolute atomic E-state index is 13.4. The van der Waals surface area contributed by atoms with Crippen LogP contribution in [-0.2, 0) is 4.79 Å². The number of urea groups is 1. The molecule has 0 spiro atoms. The molecule has 0 aliphatic rings. The third-order valence-corrected chi connectivity index (χ3v) is 7.20. The SMILES string of the molecule is Nc1ccccc1NC(=O)N[C@H](C(=O)Nc1ccc2cc(C(=O)Nc3ccccc3N)sc2c1)c1ccccc1. The molecule has 0 aliphatic carbocycles. The Bertz CT molecular complexity index is 1700. The number of thiophene rings is 1. The minimum atomic E-state index is -0.983. The Morgan fingerprint density at radius 1 is 0.675 bits per heavy atom. The van der Waals surface area contributed by atoms with Crippen LogP contribution in [0.4, 0.5) is 33.2 Å². The van der Waals surface area contributed by atoms with E-state index in [9.17, 15) is 14.4 Å². The summed E-state index contributed by atoms with van der Waals surface area (Å²) in [5, 5.41) is 12.0. The molecule has 8 N–H and O–H groups in total. The molecular formula is C30H26N6O3S. The molecule has 0 bridgehead atoms. The fourth-order valence-electron chi connectivity index (χ4n) is 4.08. The van der Waals surface area contributed by atoms with E-state index in [4.69, 9.17) is 11.5 Å². The van der Waals surface area contributed by atoms with Crippen LogP contribution in [0.1, 0.15) is 21.3 Å². The first-order chi connectivity index (χ1) is 19.4. The topological polar surface area (TPSA) is 151 Å². The minimum absolute atomic E-state index is 0.275. The number of amides is 4. The third-order valence-electron chi connectivity index (χ3n) is 6.10. The van der Waals surface area contributed by atoms with Gasteiger partial charge in [-0.25, -0.2) is 4.79 Å². The van der Waals surface area contributed by atoms with E-state index in [1.807, 2.05) is 12.1 Å². The van der Waals surface area contributed by atoms with Crippen molar-refractivity contribution in [1.29, 1.82) is 0 Å². The van der Waals surface area contributed by atoms with E-state index in [0.29, 0.717) is 38.9 Å². The van der Waals surface area contributed by atoms with Gasteiger partial charge >= 0.3 is 6.03 Å². The Morgan fingerprint density at radius 3 is 1.98 bits per heavy atom. The summed E-state index contributed by atoms with van der Waals surface area (Å²) in [5.41, 5.74) is 14.9. The molecule has 4 aromatic carbocycles. The number of para-hydroxylation sites is 4. The van der Waals surface area contributed by atoms with Gasteiger partial charge in [-0.2, -0.15) is 0 Å². The molecule has 0 unspecified atom stereocenters. The summed E-state index contributed by atoms with van der Waals surface area (Å²) in [6, 6.07) is 28.4. The summed E-state index contributed by atoms with van der Waals surface area (Å²) >= 11 is 1.29. The number of fused-ring (bicyclic) bond motifs is 1. The summed E-state index contributed by atoms with van der Waals surface area (Å²) in [5.74, 6) is -0.709. The van der Waals surface area contributed by atoms with E-state index in [0.717, 1.165) is 10.1 Å². The lowest BCUT2D eigenvalue weighted by Gasteiger charge is -2.20. The van der Waals surface area contributed by atoms with E-state index in [-0.39, 0.29) is 5.91 Å². The number of nitrogens with one attached hydrogen (secondary N) is 4. The zero-order chi connectivity index (χ0) is 28.1. The lowest BCUT2D eigenvalue weighted by Crippen LogP contribution is -2.39. The molecule has 1 atom stereocenters. The molecule has 9 nitrogen and oxygen atoms in total. The molecule has 5 rings (SSSR count). The minimum Gasteiger partial charge on any atom is -0.397 e. The fraction of sp³-hybridized carbons (Fsp3) is 0.0333. The highest BCUT2D eigenvalue weighted by Crippen LogP contribution is 2.30. The van der Waals surface area contributed by atoms with E-state index in [1.54, 1.807) is 91.0 Å². The Kier molecular flexibility index (Phi) is 7.61. The largest absolute Gasteiger partial charge is 0.397 e. The van der Waals surface area contributed by atoms with Gasteiger partial charge < -0.3 is 32.7 Å². The quantitative estimate of drug-likeness (QED) is 0.141. The van der Waals surface area contributed by atoms with Gasteiger partial charge in [-0.1, -0.05) is 60.7 Å². The predicted molar refractivity (Wildman–Crippen MR) is 161 cm³/mol. The number of nitrogen functional groups attached to an aromatic ring is 2. The smallest absolute Gasteiger partial charge is 0.320 e. The number of benzene rings is 4. The number of anilines is 5. The van der Waals surface area contributed by atoms with Gasteiger partial charge in [-0.3, -0.25) is 9.59 Å². The molecule has 0 saturated heterocycles. The van der Waals surface area contributed by atoms with Crippen LogP contribution in [0.25, 0.3) is 10.1 Å². The van der Waals surface area contributed by atoms with Crippen LogP contribution in [0, 0.1) is 0 Å². The van der Waals surface area contributed by atoms with Gasteiger partial charge in [0.05, 0.1) is 27.6 Å². The van der Waals surface area contributed by atoms with Crippen LogP contribution in [0.3, 0.4) is 0 Å². The van der Waals surface area contributed by atoms with E-state index >= 15 is 0 Å². The van der Waals surface area contributed by atoms with E-state index < -0.39 is 18.0 Å². The number of rotatable bonds is 7. The molecule has 1 aromatic heterocycles. The molecule has 5 aromatic rings. The van der Waals surface area contributed by atoms with Crippen LogP contribution < -0.4 is 32.7 Å². The second kappa shape index (κ2) is 11.6. The predicted octanol–water partition coefficient (Wildman–Crippen LogP) is 5.82. The average Bonchev–Trinajstić information content (AvgIpc) is 3.38. The molecule has 10 heteroatoms. The van der Waals surface area contributed by atoms with Crippen LogP contribution in [0.15, 0.2) is 103 Å². The van der Waals surface area contributed by atoms with Crippen molar-refractivity contribution in [2.24, 2.45) is 0 Å². The Morgan fingerprint density at radius 2 is 1.30 bits per heavy atom. The van der Waals surface area contributed by atoms with Gasteiger partial charge in [0, 0.05) is 10.4 Å². The molecule has 0 saturated carbocycles. The van der Waals surface area contributed by atoms with Crippen LogP contribution >= 0.6 is 11.3 Å². The first kappa shape index (κ1) is 26.3. The normalized spacial score (nSPS) is 11.4. The van der Waals surface area contributed by atoms with E-state index in [2.05, 4.69) is 21.3 Å².